The summed E-state index contributed by atoms with van der Waals surface area (Å²) in [6, 6.07) is 9.98. The molecule has 1 aromatic rings. The Bertz CT molecular complexity index is 595. The van der Waals surface area contributed by atoms with E-state index in [1.807, 2.05) is 0 Å². The van der Waals surface area contributed by atoms with Crippen molar-refractivity contribution in [2.45, 2.75) is 70.9 Å². The van der Waals surface area contributed by atoms with Crippen LogP contribution in [0.2, 0.25) is 0 Å². The van der Waals surface area contributed by atoms with Crippen molar-refractivity contribution in [3.8, 4) is 0 Å². The first kappa shape index (κ1) is 19.6. The number of rotatable bonds is 4. The molecule has 2 fully saturated rings. The van der Waals surface area contributed by atoms with Crippen molar-refractivity contribution in [2.24, 2.45) is 5.92 Å². The molecular weight excluding hydrogens is 338 g/mol. The van der Waals surface area contributed by atoms with Crippen LogP contribution in [0, 0.1) is 5.92 Å². The van der Waals surface area contributed by atoms with Gasteiger partial charge in [-0.05, 0) is 68.9 Å². The summed E-state index contributed by atoms with van der Waals surface area (Å²) in [6.07, 6.45) is 9.07. The lowest BCUT2D eigenvalue weighted by molar-refractivity contribution is 0.0691. The topological polar surface area (TPSA) is 18.5 Å². The number of thiocarbonyl (C=S) groups is 1. The van der Waals surface area contributed by atoms with Gasteiger partial charge in [0.15, 0.2) is 5.11 Å². The number of anilines is 1. The second kappa shape index (κ2) is 9.18. The molecule has 1 heterocycles. The first-order chi connectivity index (χ1) is 12.6. The average molecular weight is 374 g/mol. The van der Waals surface area contributed by atoms with Crippen LogP contribution in [-0.4, -0.2) is 47.1 Å². The summed E-state index contributed by atoms with van der Waals surface area (Å²) in [6.45, 7) is 6.77. The summed E-state index contributed by atoms with van der Waals surface area (Å²) < 4.78 is 0. The Labute approximate surface area is 165 Å². The number of likely N-dealkylation sites (tertiary alicyclic amines) is 1. The molecule has 1 aromatic carbocycles. The Balaban J connectivity index is 1.52. The molecular formula is C22H35N3S. The monoisotopic (exact) mass is 373 g/mol. The van der Waals surface area contributed by atoms with Crippen LogP contribution in [-0.2, 0) is 6.42 Å². The van der Waals surface area contributed by atoms with E-state index in [9.17, 15) is 0 Å². The molecule has 0 aromatic heterocycles. The number of nitrogens with one attached hydrogen (secondary N) is 1. The fraction of sp³-hybridized carbons (Fsp3) is 0.682. The molecule has 4 heteroatoms. The maximum Gasteiger partial charge on any atom is 0.173 e. The normalized spacial score (nSPS) is 24.7. The molecule has 26 heavy (non-hydrogen) atoms. The van der Waals surface area contributed by atoms with Gasteiger partial charge in [0, 0.05) is 30.9 Å². The highest BCUT2D eigenvalue weighted by atomic mass is 32.1. The quantitative estimate of drug-likeness (QED) is 0.755. The minimum absolute atomic E-state index is 0.711. The zero-order valence-corrected chi connectivity index (χ0v) is 17.5. The smallest absolute Gasteiger partial charge is 0.173 e. The number of hydrogen-bond donors (Lipinski definition) is 1. The second-order valence-electron chi connectivity index (χ2n) is 8.15. The number of hydrogen-bond acceptors (Lipinski definition) is 2. The standard InChI is InChI=1S/C22H35N3S/c1-4-18-10-6-7-11-20(18)23-22(26)25-15-13-19(14-16-25)24(3)21-12-8-5-9-17(21)2/h6-7,10-11,17,19,21H,4-5,8-9,12-16H2,1-3H3,(H,23,26)/t17-,21+/m0/s1. The van der Waals surface area contributed by atoms with E-state index >= 15 is 0 Å². The van der Waals surface area contributed by atoms with Crippen molar-refractivity contribution in [3.05, 3.63) is 29.8 Å². The average Bonchev–Trinajstić information content (AvgIpc) is 2.68. The van der Waals surface area contributed by atoms with Gasteiger partial charge in [0.05, 0.1) is 0 Å². The van der Waals surface area contributed by atoms with Gasteiger partial charge in [-0.3, -0.25) is 0 Å². The summed E-state index contributed by atoms with van der Waals surface area (Å²) >= 11 is 5.71. The van der Waals surface area contributed by atoms with Crippen LogP contribution in [0.5, 0.6) is 0 Å². The van der Waals surface area contributed by atoms with Gasteiger partial charge in [-0.15, -0.1) is 0 Å². The molecule has 0 radical (unpaired) electrons. The maximum absolute atomic E-state index is 5.71. The Hall–Kier alpha value is -1.13. The van der Waals surface area contributed by atoms with Crippen LogP contribution in [0.1, 0.15) is 57.9 Å². The molecule has 1 saturated carbocycles. The summed E-state index contributed by atoms with van der Waals surface area (Å²) in [5, 5.41) is 4.38. The molecule has 0 unspecified atom stereocenters. The van der Waals surface area contributed by atoms with Gasteiger partial charge in [0.2, 0.25) is 0 Å². The molecule has 2 aliphatic rings. The zero-order valence-electron chi connectivity index (χ0n) is 16.7. The number of benzene rings is 1. The van der Waals surface area contributed by atoms with E-state index < -0.39 is 0 Å². The largest absolute Gasteiger partial charge is 0.349 e. The Kier molecular flexibility index (Phi) is 6.93. The fourth-order valence-electron chi connectivity index (χ4n) is 4.79. The minimum Gasteiger partial charge on any atom is -0.349 e. The van der Waals surface area contributed by atoms with Crippen LogP contribution in [0.25, 0.3) is 0 Å². The lowest BCUT2D eigenvalue weighted by Gasteiger charge is -2.44. The van der Waals surface area contributed by atoms with Crippen LogP contribution in [0.3, 0.4) is 0 Å². The van der Waals surface area contributed by atoms with Crippen molar-refractivity contribution in [3.63, 3.8) is 0 Å². The summed E-state index contributed by atoms with van der Waals surface area (Å²) in [7, 11) is 2.36. The van der Waals surface area contributed by atoms with E-state index in [2.05, 4.69) is 60.3 Å². The molecule has 1 aliphatic carbocycles. The third-order valence-electron chi connectivity index (χ3n) is 6.56. The Morgan fingerprint density at radius 1 is 1.15 bits per heavy atom. The third kappa shape index (κ3) is 4.58. The molecule has 0 bridgehead atoms. The minimum atomic E-state index is 0.711. The molecule has 3 nitrogen and oxygen atoms in total. The van der Waals surface area contributed by atoms with Crippen LogP contribution in [0.15, 0.2) is 24.3 Å². The van der Waals surface area contributed by atoms with Crippen molar-refractivity contribution in [1.82, 2.24) is 9.80 Å². The number of nitrogens with zero attached hydrogens (tertiary/aromatic N) is 2. The summed E-state index contributed by atoms with van der Waals surface area (Å²) in [5.41, 5.74) is 2.49. The first-order valence-corrected chi connectivity index (χ1v) is 10.9. The highest BCUT2D eigenvalue weighted by molar-refractivity contribution is 7.80. The van der Waals surface area contributed by atoms with Gasteiger partial charge in [-0.2, -0.15) is 0 Å². The van der Waals surface area contributed by atoms with Gasteiger partial charge in [0.25, 0.3) is 0 Å². The van der Waals surface area contributed by atoms with Crippen LogP contribution >= 0.6 is 12.2 Å². The van der Waals surface area contributed by atoms with Gasteiger partial charge in [-0.25, -0.2) is 0 Å². The van der Waals surface area contributed by atoms with E-state index in [1.165, 1.54) is 44.1 Å². The number of para-hydroxylation sites is 1. The van der Waals surface area contributed by atoms with Crippen molar-refractivity contribution in [1.29, 1.82) is 0 Å². The van der Waals surface area contributed by atoms with Gasteiger partial charge < -0.3 is 15.1 Å². The fourth-order valence-corrected chi connectivity index (χ4v) is 5.09. The van der Waals surface area contributed by atoms with E-state index in [1.54, 1.807) is 0 Å². The molecule has 1 N–H and O–H groups in total. The molecule has 0 amide bonds. The van der Waals surface area contributed by atoms with E-state index in [4.69, 9.17) is 12.2 Å². The predicted molar refractivity (Wildman–Crippen MR) is 116 cm³/mol. The van der Waals surface area contributed by atoms with Crippen molar-refractivity contribution >= 4 is 23.0 Å². The lowest BCUT2D eigenvalue weighted by atomic mass is 9.84. The van der Waals surface area contributed by atoms with Gasteiger partial charge >= 0.3 is 0 Å². The summed E-state index contributed by atoms with van der Waals surface area (Å²) in [5.74, 6) is 0.847. The molecule has 144 valence electrons. The molecule has 1 aliphatic heterocycles. The second-order valence-corrected chi connectivity index (χ2v) is 8.54. The number of piperidine rings is 1. The lowest BCUT2D eigenvalue weighted by Crippen LogP contribution is -2.51. The molecule has 0 spiro atoms. The number of aryl methyl sites for hydroxylation is 1. The predicted octanol–water partition coefficient (Wildman–Crippen LogP) is 4.92. The van der Waals surface area contributed by atoms with E-state index in [-0.39, 0.29) is 0 Å². The first-order valence-electron chi connectivity index (χ1n) is 10.5. The highest BCUT2D eigenvalue weighted by Gasteiger charge is 2.31. The van der Waals surface area contributed by atoms with E-state index in [0.29, 0.717) is 6.04 Å². The van der Waals surface area contributed by atoms with Gasteiger partial charge in [0.1, 0.15) is 0 Å². The highest BCUT2D eigenvalue weighted by Crippen LogP contribution is 2.30. The molecule has 3 rings (SSSR count). The molecule has 2 atom stereocenters. The van der Waals surface area contributed by atoms with Gasteiger partial charge in [-0.1, -0.05) is 44.9 Å². The summed E-state index contributed by atoms with van der Waals surface area (Å²) in [4.78, 5) is 5.06. The molecule has 1 saturated heterocycles. The van der Waals surface area contributed by atoms with Crippen LogP contribution in [0.4, 0.5) is 5.69 Å². The third-order valence-corrected chi connectivity index (χ3v) is 6.92. The Morgan fingerprint density at radius 3 is 2.54 bits per heavy atom. The van der Waals surface area contributed by atoms with Crippen molar-refractivity contribution < 1.29 is 0 Å². The zero-order chi connectivity index (χ0) is 18.5. The van der Waals surface area contributed by atoms with E-state index in [0.717, 1.165) is 42.3 Å². The Morgan fingerprint density at radius 2 is 1.85 bits per heavy atom. The SMILES string of the molecule is CCc1ccccc1NC(=S)N1CCC(N(C)[C@@H]2CCCC[C@@H]2C)CC1. The van der Waals surface area contributed by atoms with Crippen LogP contribution < -0.4 is 5.32 Å². The maximum atomic E-state index is 5.71. The van der Waals surface area contributed by atoms with Crippen molar-refractivity contribution in [2.75, 3.05) is 25.5 Å².